The molecule has 0 bridgehead atoms. The average Bonchev–Trinajstić information content (AvgIpc) is 2.86. The number of hydrogen-bond donors (Lipinski definition) is 0. The molecule has 0 rings (SSSR count). The Morgan fingerprint density at radius 1 is 0.608 bits per heavy atom. The van der Waals surface area contributed by atoms with Crippen molar-refractivity contribution in [3.8, 4) is 0 Å². The molecule has 0 aliphatic rings. The van der Waals surface area contributed by atoms with Crippen molar-refractivity contribution in [3.63, 3.8) is 0 Å². The molecule has 31 heteroatoms. The predicted octanol–water partition coefficient (Wildman–Crippen LogP) is 8.73. The third-order valence-electron chi connectivity index (χ3n) is 4.03. The Kier molecular flexibility index (Phi) is 21.0. The first-order chi connectivity index (χ1) is 22.3. The Labute approximate surface area is 266 Å². The molecule has 8 nitrogen and oxygen atoms in total. The monoisotopic (exact) mass is 824 g/mol. The van der Waals surface area contributed by atoms with E-state index in [0.717, 1.165) is 6.92 Å². The van der Waals surface area contributed by atoms with Crippen LogP contribution in [-0.4, -0.2) is 106 Å². The lowest BCUT2D eigenvalue weighted by molar-refractivity contribution is -0.344. The van der Waals surface area contributed by atoms with Gasteiger partial charge in [-0.1, -0.05) is 6.92 Å². The quantitative estimate of drug-likeness (QED) is 0.0702. The van der Waals surface area contributed by atoms with Crippen LogP contribution in [0.5, 0.6) is 0 Å². The first-order valence-electron chi connectivity index (χ1n) is 12.0. The standard InChI is InChI=1S/C9H7F9O5.C8H10F8O2.C3H2F6O/c10-6(20)22-2-1-21-5(19)4(9(16,17)18)23-8(14,15)3-7(11,12)13;1-2-7(12,13)18-5(8(14,15)16)3-17-4-6(9,10)11;4-2(5,1-10-9)3(6,7)8/h4H,1-3H2;5H,2-4H2,1H3;1H2. The highest BCUT2D eigenvalue weighted by molar-refractivity contribution is 5.75. The molecule has 0 aliphatic carbocycles. The molecule has 0 aromatic rings. The molecular weight excluding hydrogens is 805 g/mol. The largest absolute Gasteiger partial charge is 0.495 e. The summed E-state index contributed by atoms with van der Waals surface area (Å²) in [5.41, 5.74) is 0. The first kappa shape index (κ1) is 52.5. The van der Waals surface area contributed by atoms with Crippen LogP contribution in [0.1, 0.15) is 19.8 Å². The van der Waals surface area contributed by atoms with E-state index < -0.39 is 119 Å². The number of esters is 1. The van der Waals surface area contributed by atoms with Gasteiger partial charge in [0.1, 0.15) is 26.2 Å². The zero-order valence-electron chi connectivity index (χ0n) is 24.1. The van der Waals surface area contributed by atoms with Crippen molar-refractivity contribution >= 4 is 12.2 Å². The molecule has 0 spiro atoms. The third kappa shape index (κ3) is 27.5. The van der Waals surface area contributed by atoms with E-state index in [0.29, 0.717) is 0 Å². The molecule has 51 heavy (non-hydrogen) atoms. The summed E-state index contributed by atoms with van der Waals surface area (Å²) in [5.74, 6) is -7.63. The van der Waals surface area contributed by atoms with Crippen molar-refractivity contribution in [3.05, 3.63) is 0 Å². The molecule has 0 fully saturated rings. The van der Waals surface area contributed by atoms with Gasteiger partial charge in [-0.05, 0) is 4.53 Å². The van der Waals surface area contributed by atoms with E-state index >= 15 is 0 Å². The van der Waals surface area contributed by atoms with Crippen LogP contribution in [0, 0.1) is 0 Å². The van der Waals surface area contributed by atoms with Crippen LogP contribution in [-0.2, 0) is 33.4 Å². The third-order valence-corrected chi connectivity index (χ3v) is 4.03. The van der Waals surface area contributed by atoms with E-state index in [1.54, 1.807) is 0 Å². The molecule has 0 N–H and O–H groups in total. The highest BCUT2D eigenvalue weighted by Crippen LogP contribution is 2.37. The van der Waals surface area contributed by atoms with E-state index in [1.807, 2.05) is 0 Å². The van der Waals surface area contributed by atoms with Crippen LogP contribution in [0.3, 0.4) is 0 Å². The highest BCUT2D eigenvalue weighted by atomic mass is 19.4. The Morgan fingerprint density at radius 2 is 1.08 bits per heavy atom. The van der Waals surface area contributed by atoms with E-state index in [9.17, 15) is 111 Å². The van der Waals surface area contributed by atoms with Crippen molar-refractivity contribution in [2.75, 3.05) is 33.0 Å². The van der Waals surface area contributed by atoms with Gasteiger partial charge in [-0.15, -0.1) is 4.39 Å². The Balaban J connectivity index is -0.000000730. The van der Waals surface area contributed by atoms with Crippen molar-refractivity contribution in [2.24, 2.45) is 0 Å². The molecule has 0 aromatic carbocycles. The van der Waals surface area contributed by atoms with Crippen molar-refractivity contribution < 1.29 is 139 Å². The Bertz CT molecular complexity index is 1000. The van der Waals surface area contributed by atoms with Crippen LogP contribution in [0.25, 0.3) is 0 Å². The Hall–Kier alpha value is -2.83. The smallest absolute Gasteiger partial charge is 0.460 e. The van der Waals surface area contributed by atoms with Crippen LogP contribution >= 0.6 is 0 Å². The molecule has 0 aliphatic heterocycles. The fourth-order valence-corrected chi connectivity index (χ4v) is 1.95. The van der Waals surface area contributed by atoms with Gasteiger partial charge in [-0.2, -0.15) is 97.1 Å². The second-order valence-electron chi connectivity index (χ2n) is 8.45. The van der Waals surface area contributed by atoms with Gasteiger partial charge in [0.2, 0.25) is 0 Å². The van der Waals surface area contributed by atoms with Gasteiger partial charge in [0, 0.05) is 6.42 Å². The van der Waals surface area contributed by atoms with E-state index in [4.69, 9.17) is 0 Å². The maximum atomic E-state index is 12.8. The minimum Gasteiger partial charge on any atom is -0.460 e. The van der Waals surface area contributed by atoms with Gasteiger partial charge in [-0.3, -0.25) is 4.74 Å². The summed E-state index contributed by atoms with van der Waals surface area (Å²) in [6.45, 7) is -7.28. The maximum absolute atomic E-state index is 12.8. The molecule has 2 unspecified atom stereocenters. The second kappa shape index (κ2) is 20.4. The van der Waals surface area contributed by atoms with E-state index in [1.165, 1.54) is 0 Å². The van der Waals surface area contributed by atoms with Crippen molar-refractivity contribution in [1.82, 2.24) is 0 Å². The van der Waals surface area contributed by atoms with Crippen LogP contribution in [0.4, 0.5) is 106 Å². The molecule has 308 valence electrons. The zero-order valence-corrected chi connectivity index (χ0v) is 24.1. The summed E-state index contributed by atoms with van der Waals surface area (Å²) in [6, 6.07) is 0. The summed E-state index contributed by atoms with van der Waals surface area (Å²) < 4.78 is 290. The van der Waals surface area contributed by atoms with Gasteiger partial charge in [0.15, 0.2) is 12.7 Å². The highest BCUT2D eigenvalue weighted by Gasteiger charge is 2.58. The molecule has 0 heterocycles. The van der Waals surface area contributed by atoms with E-state index in [2.05, 4.69) is 28.6 Å². The number of ether oxygens (including phenoxy) is 5. The number of carbonyl (C=O) groups is 2. The van der Waals surface area contributed by atoms with E-state index in [-0.39, 0.29) is 0 Å². The lowest BCUT2D eigenvalue weighted by atomic mass is 10.3. The average molecular weight is 824 g/mol. The zero-order chi connectivity index (χ0) is 41.5. The topological polar surface area (TPSA) is 89.5 Å². The van der Waals surface area contributed by atoms with Crippen molar-refractivity contribution in [2.45, 2.75) is 81.0 Å². The van der Waals surface area contributed by atoms with Gasteiger partial charge < -0.3 is 18.9 Å². The van der Waals surface area contributed by atoms with Crippen LogP contribution in [0.2, 0.25) is 0 Å². The molecule has 0 amide bonds. The molecular formula is C20H19F23O8. The van der Waals surface area contributed by atoms with Gasteiger partial charge in [0.05, 0.1) is 6.61 Å². The van der Waals surface area contributed by atoms with Gasteiger partial charge in [0.25, 0.3) is 6.10 Å². The summed E-state index contributed by atoms with van der Waals surface area (Å²) in [6.07, 6.45) is -50.3. The first-order valence-corrected chi connectivity index (χ1v) is 12.0. The number of rotatable bonds is 15. The fraction of sp³-hybridized carbons (Fsp3) is 0.900. The molecule has 0 saturated heterocycles. The number of alkyl halides is 21. The fourth-order valence-electron chi connectivity index (χ4n) is 1.95. The minimum atomic E-state index is -5.82. The summed E-state index contributed by atoms with van der Waals surface area (Å²) >= 11 is 0. The second-order valence-corrected chi connectivity index (χ2v) is 8.45. The summed E-state index contributed by atoms with van der Waals surface area (Å²) in [7, 11) is 0. The summed E-state index contributed by atoms with van der Waals surface area (Å²) in [5, 5.41) is 0. The minimum absolute atomic E-state index is 0.865. The number of hydrogen-bond acceptors (Lipinski definition) is 8. The molecule has 0 aromatic heterocycles. The predicted molar refractivity (Wildman–Crippen MR) is 111 cm³/mol. The lowest BCUT2D eigenvalue weighted by Crippen LogP contribution is -2.46. The summed E-state index contributed by atoms with van der Waals surface area (Å²) in [4.78, 5) is 22.8. The molecule has 0 saturated carbocycles. The van der Waals surface area contributed by atoms with Crippen molar-refractivity contribution in [1.29, 1.82) is 0 Å². The molecule has 0 radical (unpaired) electrons. The van der Waals surface area contributed by atoms with Crippen LogP contribution in [0.15, 0.2) is 0 Å². The Morgan fingerprint density at radius 3 is 1.39 bits per heavy atom. The number of carbonyl (C=O) groups excluding carboxylic acids is 2. The lowest BCUT2D eigenvalue weighted by Gasteiger charge is -2.25. The normalized spacial score (nSPS) is 14.7. The van der Waals surface area contributed by atoms with Gasteiger partial charge >= 0.3 is 61.2 Å². The van der Waals surface area contributed by atoms with Gasteiger partial charge in [-0.25, -0.2) is 9.59 Å². The van der Waals surface area contributed by atoms with Crippen LogP contribution < -0.4 is 0 Å². The molecule has 2 atom stereocenters. The maximum Gasteiger partial charge on any atom is 0.495 e. The number of halogens is 23. The SMILES string of the molecule is CCC(F)(F)OC(COCC(F)(F)F)C(F)(F)F.FOCC(F)(F)C(F)(F)F.O=C(F)OCCOC(=O)C(OC(F)(F)CC(F)(F)F)C(F)(F)F.